The lowest BCUT2D eigenvalue weighted by molar-refractivity contribution is 0.125. The second-order valence-electron chi connectivity index (χ2n) is 8.31. The van der Waals surface area contributed by atoms with Crippen molar-refractivity contribution in [1.29, 1.82) is 0 Å². The quantitative estimate of drug-likeness (QED) is 0.673. The molecule has 0 spiro atoms. The summed E-state index contributed by atoms with van der Waals surface area (Å²) in [4.78, 5) is 19.4. The van der Waals surface area contributed by atoms with Gasteiger partial charge in [-0.2, -0.15) is 4.98 Å². The number of hydrogen-bond donors (Lipinski definition) is 1. The molecule has 9 heteroatoms. The number of rotatable bonds is 7. The van der Waals surface area contributed by atoms with Crippen molar-refractivity contribution in [1.82, 2.24) is 15.0 Å². The molecule has 2 fully saturated rings. The number of urea groups is 1. The molecule has 0 radical (unpaired) electrons. The summed E-state index contributed by atoms with van der Waals surface area (Å²) in [5, 5.41) is 7.06. The number of anilines is 1. The first-order valence-corrected chi connectivity index (χ1v) is 11.1. The number of aromatic nitrogens is 2. The zero-order chi connectivity index (χ0) is 21.0. The van der Waals surface area contributed by atoms with Crippen molar-refractivity contribution in [2.24, 2.45) is 5.92 Å². The van der Waals surface area contributed by atoms with Gasteiger partial charge in [-0.1, -0.05) is 5.16 Å². The molecule has 1 atom stereocenters. The van der Waals surface area contributed by atoms with Crippen molar-refractivity contribution in [3.8, 4) is 11.5 Å². The molecular formula is C22H28N4O5. The molecule has 1 aromatic carbocycles. The highest BCUT2D eigenvalue weighted by Crippen LogP contribution is 2.34. The van der Waals surface area contributed by atoms with Crippen molar-refractivity contribution in [2.75, 3.05) is 38.3 Å². The standard InChI is InChI=1S/C22H28N4O5/c27-22(23-16-6-7-18-19(13-16)30-12-11-29-18)26-9-2-1-3-17(26)21-24-20(25-31-21)8-10-28-14-15-4-5-15/h6-7,13,15,17H,1-5,8-12,14H2,(H,23,27). The summed E-state index contributed by atoms with van der Waals surface area (Å²) in [6.45, 7) is 3.09. The van der Waals surface area contributed by atoms with Crippen molar-refractivity contribution in [2.45, 2.75) is 44.6 Å². The third-order valence-electron chi connectivity index (χ3n) is 5.85. The van der Waals surface area contributed by atoms with Crippen molar-refractivity contribution in [3.05, 3.63) is 29.9 Å². The van der Waals surface area contributed by atoms with Gasteiger partial charge >= 0.3 is 6.03 Å². The molecule has 0 bridgehead atoms. The molecule has 2 aliphatic heterocycles. The molecule has 31 heavy (non-hydrogen) atoms. The number of nitrogens with one attached hydrogen (secondary N) is 1. The highest BCUT2D eigenvalue weighted by atomic mass is 16.6. The number of nitrogens with zero attached hydrogens (tertiary/aromatic N) is 3. The van der Waals surface area contributed by atoms with Crippen LogP contribution in [0.5, 0.6) is 11.5 Å². The number of piperidine rings is 1. The summed E-state index contributed by atoms with van der Waals surface area (Å²) in [6.07, 6.45) is 5.93. The number of ether oxygens (including phenoxy) is 3. The van der Waals surface area contributed by atoms with E-state index in [1.165, 1.54) is 12.8 Å². The Morgan fingerprint density at radius 3 is 2.90 bits per heavy atom. The van der Waals surface area contributed by atoms with Crippen LogP contribution in [-0.4, -0.2) is 54.0 Å². The summed E-state index contributed by atoms with van der Waals surface area (Å²) in [6, 6.07) is 5.01. The van der Waals surface area contributed by atoms with Crippen LogP contribution in [0.2, 0.25) is 0 Å². The van der Waals surface area contributed by atoms with E-state index in [1.807, 2.05) is 12.1 Å². The fourth-order valence-corrected chi connectivity index (χ4v) is 3.95. The Labute approximate surface area is 181 Å². The van der Waals surface area contributed by atoms with E-state index in [1.54, 1.807) is 11.0 Å². The predicted octanol–water partition coefficient (Wildman–Crippen LogP) is 3.57. The summed E-state index contributed by atoms with van der Waals surface area (Å²) in [5.41, 5.74) is 0.664. The van der Waals surface area contributed by atoms with Crippen LogP contribution in [0.1, 0.15) is 49.9 Å². The number of benzene rings is 1. The van der Waals surface area contributed by atoms with E-state index in [2.05, 4.69) is 15.5 Å². The minimum atomic E-state index is -0.223. The number of hydrogen-bond acceptors (Lipinski definition) is 7. The van der Waals surface area contributed by atoms with E-state index >= 15 is 0 Å². The third kappa shape index (κ3) is 4.92. The highest BCUT2D eigenvalue weighted by Gasteiger charge is 2.32. The summed E-state index contributed by atoms with van der Waals surface area (Å²) in [7, 11) is 0. The lowest BCUT2D eigenvalue weighted by Crippen LogP contribution is -2.41. The van der Waals surface area contributed by atoms with Crippen LogP contribution in [0.3, 0.4) is 0 Å². The topological polar surface area (TPSA) is 99.0 Å². The van der Waals surface area contributed by atoms with Gasteiger partial charge in [-0.3, -0.25) is 0 Å². The SMILES string of the molecule is O=C(Nc1ccc2c(c1)OCCO2)N1CCCCC1c1nc(CCOCC2CC2)no1. The first kappa shape index (κ1) is 20.1. The molecular weight excluding hydrogens is 400 g/mol. The maximum atomic E-state index is 13.0. The van der Waals surface area contributed by atoms with Crippen LogP contribution in [0.15, 0.2) is 22.7 Å². The van der Waals surface area contributed by atoms with Crippen molar-refractivity contribution >= 4 is 11.7 Å². The second kappa shape index (κ2) is 9.13. The highest BCUT2D eigenvalue weighted by molar-refractivity contribution is 5.90. The van der Waals surface area contributed by atoms with Gasteiger partial charge in [0, 0.05) is 31.3 Å². The molecule has 1 saturated heterocycles. The Morgan fingerprint density at radius 1 is 1.16 bits per heavy atom. The minimum Gasteiger partial charge on any atom is -0.486 e. The molecule has 2 aromatic rings. The minimum absolute atomic E-state index is 0.186. The molecule has 2 amide bonds. The first-order chi connectivity index (χ1) is 15.3. The van der Waals surface area contributed by atoms with E-state index in [4.69, 9.17) is 18.7 Å². The number of carbonyl (C=O) groups is 1. The zero-order valence-corrected chi connectivity index (χ0v) is 17.5. The van der Waals surface area contributed by atoms with Crippen LogP contribution in [-0.2, 0) is 11.2 Å². The summed E-state index contributed by atoms with van der Waals surface area (Å²) < 4.78 is 22.3. The van der Waals surface area contributed by atoms with Gasteiger partial charge in [-0.05, 0) is 50.2 Å². The van der Waals surface area contributed by atoms with Gasteiger partial charge in [0.2, 0.25) is 5.89 Å². The van der Waals surface area contributed by atoms with Gasteiger partial charge in [-0.15, -0.1) is 0 Å². The van der Waals surface area contributed by atoms with Crippen molar-refractivity contribution < 1.29 is 23.5 Å². The first-order valence-electron chi connectivity index (χ1n) is 11.1. The number of carbonyl (C=O) groups excluding carboxylic acids is 1. The predicted molar refractivity (Wildman–Crippen MR) is 111 cm³/mol. The number of likely N-dealkylation sites (tertiary alicyclic amines) is 1. The second-order valence-corrected chi connectivity index (χ2v) is 8.31. The van der Waals surface area contributed by atoms with Crippen LogP contribution in [0, 0.1) is 5.92 Å². The van der Waals surface area contributed by atoms with Gasteiger partial charge in [-0.25, -0.2) is 4.79 Å². The Morgan fingerprint density at radius 2 is 2.03 bits per heavy atom. The summed E-state index contributed by atoms with van der Waals surface area (Å²) in [5.74, 6) is 3.20. The largest absolute Gasteiger partial charge is 0.486 e. The molecule has 9 nitrogen and oxygen atoms in total. The van der Waals surface area contributed by atoms with E-state index in [0.29, 0.717) is 61.7 Å². The number of fused-ring (bicyclic) bond motifs is 1. The molecule has 3 aliphatic rings. The normalized spacial score (nSPS) is 20.5. The maximum Gasteiger partial charge on any atom is 0.322 e. The van der Waals surface area contributed by atoms with Crippen LogP contribution >= 0.6 is 0 Å². The van der Waals surface area contributed by atoms with Crippen molar-refractivity contribution in [3.63, 3.8) is 0 Å². The Hall–Kier alpha value is -2.81. The molecule has 1 unspecified atom stereocenters. The average Bonchev–Trinajstić information content (AvgIpc) is 3.52. The average molecular weight is 428 g/mol. The Kier molecular flexibility index (Phi) is 5.93. The van der Waals surface area contributed by atoms with Crippen LogP contribution in [0.4, 0.5) is 10.5 Å². The smallest absolute Gasteiger partial charge is 0.322 e. The van der Waals surface area contributed by atoms with E-state index < -0.39 is 0 Å². The van der Waals surface area contributed by atoms with Gasteiger partial charge < -0.3 is 29.0 Å². The van der Waals surface area contributed by atoms with Crippen LogP contribution in [0.25, 0.3) is 0 Å². The number of amides is 2. The van der Waals surface area contributed by atoms with Gasteiger partial charge in [0.1, 0.15) is 19.3 Å². The summed E-state index contributed by atoms with van der Waals surface area (Å²) >= 11 is 0. The van der Waals surface area contributed by atoms with E-state index in [0.717, 1.165) is 31.8 Å². The fraction of sp³-hybridized carbons (Fsp3) is 0.591. The molecule has 166 valence electrons. The lowest BCUT2D eigenvalue weighted by Gasteiger charge is -2.33. The third-order valence-corrected chi connectivity index (χ3v) is 5.85. The fourth-order valence-electron chi connectivity index (χ4n) is 3.95. The Bertz CT molecular complexity index is 913. The molecule has 1 saturated carbocycles. The molecule has 5 rings (SSSR count). The molecule has 1 aliphatic carbocycles. The zero-order valence-electron chi connectivity index (χ0n) is 17.5. The molecule has 1 N–H and O–H groups in total. The Balaban J connectivity index is 1.21. The molecule has 1 aromatic heterocycles. The van der Waals surface area contributed by atoms with Crippen LogP contribution < -0.4 is 14.8 Å². The van der Waals surface area contributed by atoms with E-state index in [-0.39, 0.29) is 12.1 Å². The lowest BCUT2D eigenvalue weighted by atomic mass is 10.0. The van der Waals surface area contributed by atoms with Gasteiger partial charge in [0.05, 0.1) is 6.61 Å². The molecule has 3 heterocycles. The van der Waals surface area contributed by atoms with Gasteiger partial charge in [0.25, 0.3) is 0 Å². The monoisotopic (exact) mass is 428 g/mol. The van der Waals surface area contributed by atoms with Gasteiger partial charge in [0.15, 0.2) is 17.3 Å². The maximum absolute atomic E-state index is 13.0. The van der Waals surface area contributed by atoms with E-state index in [9.17, 15) is 4.79 Å².